The summed E-state index contributed by atoms with van der Waals surface area (Å²) >= 11 is 0. The van der Waals surface area contributed by atoms with Gasteiger partial charge in [0, 0.05) is 43.8 Å². The number of aromatic amines is 1. The minimum absolute atomic E-state index is 0.0248. The molecule has 29 heavy (non-hydrogen) atoms. The van der Waals surface area contributed by atoms with Gasteiger partial charge in [-0.2, -0.15) is 0 Å². The van der Waals surface area contributed by atoms with Gasteiger partial charge in [-0.3, -0.25) is 4.99 Å². The standard InChI is InChI=1S/C21H27N5O2S/c1-22-21(23-12-11-18-16-25-20-10-6-5-9-19(18)20)24-13-14-29(27,28)26-15-17-7-3-2-4-8-17/h2-10,16,25-26H,11-15H2,1H3,(H2,22,23,24). The Kier molecular flexibility index (Phi) is 7.26. The Balaban J connectivity index is 1.39. The van der Waals surface area contributed by atoms with Crippen LogP contribution in [0.15, 0.2) is 65.8 Å². The van der Waals surface area contributed by atoms with Crippen molar-refractivity contribution in [3.8, 4) is 0 Å². The second kappa shape index (κ2) is 10.1. The molecule has 0 spiro atoms. The number of nitrogens with one attached hydrogen (secondary N) is 4. The predicted molar refractivity (Wildman–Crippen MR) is 118 cm³/mol. The lowest BCUT2D eigenvalue weighted by molar-refractivity contribution is 0.580. The van der Waals surface area contributed by atoms with Gasteiger partial charge in [-0.1, -0.05) is 48.5 Å². The lowest BCUT2D eigenvalue weighted by Crippen LogP contribution is -2.41. The molecule has 1 aromatic heterocycles. The van der Waals surface area contributed by atoms with Gasteiger partial charge in [-0.25, -0.2) is 13.1 Å². The van der Waals surface area contributed by atoms with Crippen molar-refractivity contribution in [2.75, 3.05) is 25.9 Å². The number of hydrogen-bond donors (Lipinski definition) is 4. The number of H-pyrrole nitrogens is 1. The van der Waals surface area contributed by atoms with Crippen LogP contribution in [0.2, 0.25) is 0 Å². The van der Waals surface area contributed by atoms with Crippen molar-refractivity contribution < 1.29 is 8.42 Å². The van der Waals surface area contributed by atoms with Gasteiger partial charge in [0.15, 0.2) is 5.96 Å². The monoisotopic (exact) mass is 413 g/mol. The number of guanidine groups is 1. The minimum atomic E-state index is -3.36. The molecule has 0 amide bonds. The number of rotatable bonds is 9. The first-order valence-electron chi connectivity index (χ1n) is 9.58. The summed E-state index contributed by atoms with van der Waals surface area (Å²) in [5, 5.41) is 7.49. The van der Waals surface area contributed by atoms with Crippen molar-refractivity contribution in [3.05, 3.63) is 71.9 Å². The Hall–Kier alpha value is -2.84. The van der Waals surface area contributed by atoms with Gasteiger partial charge >= 0.3 is 0 Å². The van der Waals surface area contributed by atoms with Crippen LogP contribution in [0.5, 0.6) is 0 Å². The summed E-state index contributed by atoms with van der Waals surface area (Å²) in [4.78, 5) is 7.42. The van der Waals surface area contributed by atoms with Crippen LogP contribution in [-0.2, 0) is 23.0 Å². The highest BCUT2D eigenvalue weighted by molar-refractivity contribution is 7.89. The van der Waals surface area contributed by atoms with E-state index in [1.165, 1.54) is 10.9 Å². The Bertz CT molecular complexity index is 1050. The number of sulfonamides is 1. The Morgan fingerprint density at radius 1 is 1.00 bits per heavy atom. The molecule has 0 saturated carbocycles. The third kappa shape index (κ3) is 6.33. The molecule has 0 saturated heterocycles. The molecule has 0 bridgehead atoms. The van der Waals surface area contributed by atoms with E-state index in [1.54, 1.807) is 7.05 Å². The third-order valence-corrected chi connectivity index (χ3v) is 5.91. The molecular formula is C21H27N5O2S. The van der Waals surface area contributed by atoms with Crippen LogP contribution in [0, 0.1) is 0 Å². The largest absolute Gasteiger partial charge is 0.361 e. The Labute approximate surface area is 171 Å². The minimum Gasteiger partial charge on any atom is -0.361 e. The molecule has 0 radical (unpaired) electrons. The third-order valence-electron chi connectivity index (χ3n) is 4.59. The Morgan fingerprint density at radius 3 is 2.52 bits per heavy atom. The van der Waals surface area contributed by atoms with E-state index in [0.29, 0.717) is 19.0 Å². The molecule has 1 heterocycles. The van der Waals surface area contributed by atoms with Crippen LogP contribution in [-0.4, -0.2) is 45.3 Å². The predicted octanol–water partition coefficient (Wildman–Crippen LogP) is 2.00. The first-order valence-corrected chi connectivity index (χ1v) is 11.2. The summed E-state index contributed by atoms with van der Waals surface area (Å²) in [5.41, 5.74) is 3.29. The van der Waals surface area contributed by atoms with E-state index < -0.39 is 10.0 Å². The summed E-state index contributed by atoms with van der Waals surface area (Å²) in [6.45, 7) is 1.26. The Morgan fingerprint density at radius 2 is 1.72 bits per heavy atom. The van der Waals surface area contributed by atoms with Crippen LogP contribution in [0.3, 0.4) is 0 Å². The number of para-hydroxylation sites is 1. The molecule has 0 unspecified atom stereocenters. The van der Waals surface area contributed by atoms with Crippen molar-refractivity contribution in [1.82, 2.24) is 20.3 Å². The summed E-state index contributed by atoms with van der Waals surface area (Å²) in [6.07, 6.45) is 2.86. The van der Waals surface area contributed by atoms with Gasteiger partial charge in [0.05, 0.1) is 5.75 Å². The number of aliphatic imine (C=N–C) groups is 1. The van der Waals surface area contributed by atoms with Gasteiger partial charge in [0.2, 0.25) is 10.0 Å². The summed E-state index contributed by atoms with van der Waals surface area (Å²) in [7, 11) is -1.69. The highest BCUT2D eigenvalue weighted by Gasteiger charge is 2.10. The molecule has 8 heteroatoms. The topological polar surface area (TPSA) is 98.4 Å². The fourth-order valence-electron chi connectivity index (χ4n) is 3.04. The van der Waals surface area contributed by atoms with E-state index in [-0.39, 0.29) is 12.3 Å². The zero-order valence-electron chi connectivity index (χ0n) is 16.5. The zero-order chi connectivity index (χ0) is 20.5. The molecule has 0 aliphatic heterocycles. The number of fused-ring (bicyclic) bond motifs is 1. The molecule has 7 nitrogen and oxygen atoms in total. The van der Waals surface area contributed by atoms with E-state index in [2.05, 4.69) is 37.5 Å². The second-order valence-electron chi connectivity index (χ2n) is 6.66. The first-order chi connectivity index (χ1) is 14.1. The maximum Gasteiger partial charge on any atom is 0.213 e. The van der Waals surface area contributed by atoms with Crippen molar-refractivity contribution >= 4 is 26.9 Å². The summed E-state index contributed by atoms with van der Waals surface area (Å²) in [6, 6.07) is 17.6. The molecule has 0 atom stereocenters. The highest BCUT2D eigenvalue weighted by atomic mass is 32.2. The molecule has 154 valence electrons. The van der Waals surface area contributed by atoms with Crippen molar-refractivity contribution in [2.45, 2.75) is 13.0 Å². The van der Waals surface area contributed by atoms with Crippen molar-refractivity contribution in [3.63, 3.8) is 0 Å². The fraction of sp³-hybridized carbons (Fsp3) is 0.286. The number of hydrogen-bond acceptors (Lipinski definition) is 3. The second-order valence-corrected chi connectivity index (χ2v) is 8.59. The summed E-state index contributed by atoms with van der Waals surface area (Å²) in [5.74, 6) is 0.561. The lowest BCUT2D eigenvalue weighted by atomic mass is 10.1. The van der Waals surface area contributed by atoms with E-state index in [1.807, 2.05) is 48.7 Å². The molecule has 3 aromatic rings. The number of aromatic nitrogens is 1. The molecule has 0 fully saturated rings. The van der Waals surface area contributed by atoms with E-state index in [0.717, 1.165) is 17.5 Å². The average Bonchev–Trinajstić information content (AvgIpc) is 3.15. The molecule has 4 N–H and O–H groups in total. The molecular weight excluding hydrogens is 386 g/mol. The molecule has 2 aromatic carbocycles. The summed E-state index contributed by atoms with van der Waals surface area (Å²) < 4.78 is 26.9. The van der Waals surface area contributed by atoms with Crippen LogP contribution in [0.25, 0.3) is 10.9 Å². The van der Waals surface area contributed by atoms with Crippen LogP contribution in [0.1, 0.15) is 11.1 Å². The lowest BCUT2D eigenvalue weighted by Gasteiger charge is -2.12. The number of benzene rings is 2. The van der Waals surface area contributed by atoms with Crippen molar-refractivity contribution in [1.29, 1.82) is 0 Å². The molecule has 0 aliphatic carbocycles. The smallest absolute Gasteiger partial charge is 0.213 e. The maximum absolute atomic E-state index is 12.2. The van der Waals surface area contributed by atoms with E-state index in [4.69, 9.17) is 0 Å². The van der Waals surface area contributed by atoms with E-state index >= 15 is 0 Å². The van der Waals surface area contributed by atoms with Gasteiger partial charge in [0.1, 0.15) is 0 Å². The van der Waals surface area contributed by atoms with Gasteiger partial charge in [-0.05, 0) is 23.6 Å². The number of nitrogens with zero attached hydrogens (tertiary/aromatic N) is 1. The highest BCUT2D eigenvalue weighted by Crippen LogP contribution is 2.17. The van der Waals surface area contributed by atoms with Crippen molar-refractivity contribution in [2.24, 2.45) is 4.99 Å². The van der Waals surface area contributed by atoms with Gasteiger partial charge in [-0.15, -0.1) is 0 Å². The van der Waals surface area contributed by atoms with E-state index in [9.17, 15) is 8.42 Å². The van der Waals surface area contributed by atoms with Gasteiger partial charge in [0.25, 0.3) is 0 Å². The first kappa shape index (κ1) is 20.9. The van der Waals surface area contributed by atoms with Crippen LogP contribution in [0.4, 0.5) is 0 Å². The molecule has 3 rings (SSSR count). The van der Waals surface area contributed by atoms with Crippen LogP contribution >= 0.6 is 0 Å². The fourth-order valence-corrected chi connectivity index (χ4v) is 3.94. The quantitative estimate of drug-likeness (QED) is 0.319. The van der Waals surface area contributed by atoms with Gasteiger partial charge < -0.3 is 15.6 Å². The maximum atomic E-state index is 12.2. The van der Waals surface area contributed by atoms with Crippen LogP contribution < -0.4 is 15.4 Å². The zero-order valence-corrected chi connectivity index (χ0v) is 17.3. The SMILES string of the molecule is CN=C(NCCc1c[nH]c2ccccc12)NCCS(=O)(=O)NCc1ccccc1. The normalized spacial score (nSPS) is 12.2. The average molecular weight is 414 g/mol. The molecule has 0 aliphatic rings.